The second-order valence-corrected chi connectivity index (χ2v) is 7.37. The van der Waals surface area contributed by atoms with Crippen LogP contribution in [0.15, 0.2) is 11.6 Å². The molecule has 1 aliphatic heterocycles. The molecule has 5 N–H and O–H groups in total. The fraction of sp³-hybridized carbons (Fsp3) is 0.600. The van der Waals surface area contributed by atoms with Crippen LogP contribution in [0, 0.1) is 5.92 Å². The van der Waals surface area contributed by atoms with E-state index in [0.29, 0.717) is 11.6 Å². The van der Waals surface area contributed by atoms with Crippen LogP contribution in [0.1, 0.15) is 26.7 Å². The molecule has 0 spiro atoms. The Balaban J connectivity index is 1.96. The van der Waals surface area contributed by atoms with E-state index >= 15 is 0 Å². The van der Waals surface area contributed by atoms with E-state index in [2.05, 4.69) is 15.6 Å². The molecule has 0 aliphatic carbocycles. The number of urea groups is 1. The molecule has 0 bridgehead atoms. The number of likely N-dealkylation sites (tertiary alicyclic amines) is 1. The summed E-state index contributed by atoms with van der Waals surface area (Å²) in [5.41, 5.74) is 3.67. The molecule has 9 nitrogen and oxygen atoms in total. The van der Waals surface area contributed by atoms with Gasteiger partial charge in [-0.05, 0) is 12.3 Å². The lowest BCUT2D eigenvalue weighted by Gasteiger charge is -2.28. The number of hydrogen-bond acceptors (Lipinski definition) is 6. The Bertz CT molecular complexity index is 636. The quantitative estimate of drug-likeness (QED) is 0.541. The van der Waals surface area contributed by atoms with Crippen LogP contribution in [0.4, 0.5) is 9.93 Å². The number of rotatable bonds is 7. The third-order valence-corrected chi connectivity index (χ3v) is 4.71. The first-order valence-electron chi connectivity index (χ1n) is 8.00. The van der Waals surface area contributed by atoms with E-state index in [0.717, 1.165) is 0 Å². The first-order chi connectivity index (χ1) is 11.7. The molecule has 0 radical (unpaired) electrons. The van der Waals surface area contributed by atoms with E-state index < -0.39 is 29.5 Å². The van der Waals surface area contributed by atoms with Gasteiger partial charge in [-0.15, -0.1) is 11.3 Å². The molecular formula is C15H23N5O4S. The van der Waals surface area contributed by atoms with Crippen LogP contribution in [-0.2, 0) is 9.59 Å². The minimum Gasteiger partial charge on any atom is -0.378 e. The Hall–Kier alpha value is -2.20. The minimum atomic E-state index is -1.75. The van der Waals surface area contributed by atoms with Gasteiger partial charge >= 0.3 is 6.03 Å². The maximum atomic E-state index is 12.6. The summed E-state index contributed by atoms with van der Waals surface area (Å²) in [6.07, 6.45) is 2.09. The van der Waals surface area contributed by atoms with E-state index in [1.807, 2.05) is 13.8 Å². The molecule has 1 aliphatic rings. The van der Waals surface area contributed by atoms with Gasteiger partial charge in [-0.3, -0.25) is 14.9 Å². The molecule has 1 fully saturated rings. The summed E-state index contributed by atoms with van der Waals surface area (Å²) in [7, 11) is 0. The van der Waals surface area contributed by atoms with Crippen LogP contribution < -0.4 is 16.4 Å². The maximum absolute atomic E-state index is 12.6. The van der Waals surface area contributed by atoms with Gasteiger partial charge < -0.3 is 21.1 Å². The summed E-state index contributed by atoms with van der Waals surface area (Å²) >= 11 is 1.25. The lowest BCUT2D eigenvalue weighted by molar-refractivity contribution is -0.147. The second kappa shape index (κ2) is 7.79. The SMILES string of the molecule is CC(C)CC(C(N)=O)N1CCC(O)(CNC(=O)Nc2nccs2)C1=O. The summed E-state index contributed by atoms with van der Waals surface area (Å²) in [6, 6.07) is -1.33. The Morgan fingerprint density at radius 3 is 2.80 bits per heavy atom. The first-order valence-corrected chi connectivity index (χ1v) is 8.88. The molecule has 1 aromatic rings. The third kappa shape index (κ3) is 4.67. The van der Waals surface area contributed by atoms with Crippen molar-refractivity contribution in [2.75, 3.05) is 18.4 Å². The van der Waals surface area contributed by atoms with Gasteiger partial charge in [-0.25, -0.2) is 9.78 Å². The summed E-state index contributed by atoms with van der Waals surface area (Å²) in [6.45, 7) is 3.80. The van der Waals surface area contributed by atoms with Crippen LogP contribution in [-0.4, -0.2) is 57.6 Å². The summed E-state index contributed by atoms with van der Waals surface area (Å²) in [5, 5.41) is 17.7. The molecule has 0 saturated carbocycles. The first kappa shape index (κ1) is 19.1. The van der Waals surface area contributed by atoms with Crippen LogP contribution in [0.2, 0.25) is 0 Å². The number of anilines is 1. The number of carbonyl (C=O) groups excluding carboxylic acids is 3. The Labute approximate surface area is 149 Å². The average Bonchev–Trinajstić information content (AvgIpc) is 3.13. The summed E-state index contributed by atoms with van der Waals surface area (Å²) in [4.78, 5) is 41.3. The van der Waals surface area contributed by atoms with Gasteiger partial charge in [0.2, 0.25) is 5.91 Å². The van der Waals surface area contributed by atoms with Gasteiger partial charge in [-0.1, -0.05) is 13.8 Å². The number of nitrogens with two attached hydrogens (primary N) is 1. The van der Waals surface area contributed by atoms with Gasteiger partial charge in [0, 0.05) is 24.5 Å². The van der Waals surface area contributed by atoms with Crippen LogP contribution in [0.25, 0.3) is 0 Å². The molecule has 25 heavy (non-hydrogen) atoms. The number of aliphatic hydroxyl groups is 1. The van der Waals surface area contributed by atoms with E-state index in [1.54, 1.807) is 11.6 Å². The zero-order chi connectivity index (χ0) is 18.6. The number of nitrogens with zero attached hydrogens (tertiary/aromatic N) is 2. The van der Waals surface area contributed by atoms with E-state index in [9.17, 15) is 19.5 Å². The average molecular weight is 369 g/mol. The summed E-state index contributed by atoms with van der Waals surface area (Å²) in [5.74, 6) is -1.02. The highest BCUT2D eigenvalue weighted by atomic mass is 32.1. The van der Waals surface area contributed by atoms with Gasteiger partial charge in [0.25, 0.3) is 5.91 Å². The van der Waals surface area contributed by atoms with E-state index in [4.69, 9.17) is 5.73 Å². The zero-order valence-corrected chi connectivity index (χ0v) is 15.0. The number of primary amides is 1. The minimum absolute atomic E-state index is 0.116. The molecule has 1 saturated heterocycles. The molecule has 1 aromatic heterocycles. The predicted octanol–water partition coefficient (Wildman–Crippen LogP) is 0.128. The maximum Gasteiger partial charge on any atom is 0.321 e. The van der Waals surface area contributed by atoms with Crippen molar-refractivity contribution < 1.29 is 19.5 Å². The number of nitrogens with one attached hydrogen (secondary N) is 2. The molecular weight excluding hydrogens is 346 g/mol. The smallest absolute Gasteiger partial charge is 0.321 e. The molecule has 0 aromatic carbocycles. The van der Waals surface area contributed by atoms with Crippen molar-refractivity contribution in [2.45, 2.75) is 38.3 Å². The number of aromatic nitrogens is 1. The zero-order valence-electron chi connectivity index (χ0n) is 14.2. The summed E-state index contributed by atoms with van der Waals surface area (Å²) < 4.78 is 0. The van der Waals surface area contributed by atoms with Gasteiger partial charge in [0.05, 0.1) is 6.54 Å². The number of amides is 4. The highest BCUT2D eigenvalue weighted by Gasteiger charge is 2.48. The Kier molecular flexibility index (Phi) is 5.96. The fourth-order valence-electron chi connectivity index (χ4n) is 2.74. The van der Waals surface area contributed by atoms with Crippen molar-refractivity contribution in [3.05, 3.63) is 11.6 Å². The van der Waals surface area contributed by atoms with Crippen molar-refractivity contribution >= 4 is 34.3 Å². The highest BCUT2D eigenvalue weighted by molar-refractivity contribution is 7.13. The third-order valence-electron chi connectivity index (χ3n) is 4.02. The molecule has 2 rings (SSSR count). The molecule has 4 amide bonds. The lowest BCUT2D eigenvalue weighted by Crippen LogP contribution is -2.53. The van der Waals surface area contributed by atoms with Crippen molar-refractivity contribution in [1.29, 1.82) is 0 Å². The monoisotopic (exact) mass is 369 g/mol. The van der Waals surface area contributed by atoms with Crippen LogP contribution in [0.3, 0.4) is 0 Å². The molecule has 138 valence electrons. The number of thiazole rings is 1. The van der Waals surface area contributed by atoms with E-state index in [-0.39, 0.29) is 25.4 Å². The van der Waals surface area contributed by atoms with Gasteiger partial charge in [-0.2, -0.15) is 0 Å². The molecule has 2 atom stereocenters. The Morgan fingerprint density at radius 2 is 2.24 bits per heavy atom. The van der Waals surface area contributed by atoms with Crippen molar-refractivity contribution in [2.24, 2.45) is 11.7 Å². The van der Waals surface area contributed by atoms with Gasteiger partial charge in [0.1, 0.15) is 6.04 Å². The van der Waals surface area contributed by atoms with Crippen LogP contribution >= 0.6 is 11.3 Å². The topological polar surface area (TPSA) is 138 Å². The predicted molar refractivity (Wildman–Crippen MR) is 92.9 cm³/mol. The van der Waals surface area contributed by atoms with Crippen molar-refractivity contribution in [1.82, 2.24) is 15.2 Å². The molecule has 10 heteroatoms. The van der Waals surface area contributed by atoms with E-state index in [1.165, 1.54) is 16.2 Å². The molecule has 2 heterocycles. The van der Waals surface area contributed by atoms with Gasteiger partial charge in [0.15, 0.2) is 10.7 Å². The number of carbonyl (C=O) groups is 3. The molecule has 2 unspecified atom stereocenters. The fourth-order valence-corrected chi connectivity index (χ4v) is 3.26. The largest absolute Gasteiger partial charge is 0.378 e. The van der Waals surface area contributed by atoms with Crippen LogP contribution in [0.5, 0.6) is 0 Å². The van der Waals surface area contributed by atoms with Crippen molar-refractivity contribution in [3.63, 3.8) is 0 Å². The highest BCUT2D eigenvalue weighted by Crippen LogP contribution is 2.26. The lowest BCUT2D eigenvalue weighted by atomic mass is 10.0. The standard InChI is InChI=1S/C15H23N5O4S/c1-9(2)7-10(11(16)21)20-5-3-15(24,12(20)22)8-18-13(23)19-14-17-4-6-25-14/h4,6,9-10,24H,3,5,7-8H2,1-2H3,(H2,16,21)(H2,17,18,19,23). The normalized spacial score (nSPS) is 21.4. The second-order valence-electron chi connectivity index (χ2n) is 6.47. The Morgan fingerprint density at radius 1 is 1.52 bits per heavy atom. The van der Waals surface area contributed by atoms with Crippen molar-refractivity contribution in [3.8, 4) is 0 Å². The number of hydrogen-bond donors (Lipinski definition) is 4.